The van der Waals surface area contributed by atoms with Crippen LogP contribution in [0.5, 0.6) is 0 Å². The molecule has 0 aliphatic heterocycles. The molecular weight excluding hydrogens is 331 g/mol. The van der Waals surface area contributed by atoms with Gasteiger partial charge in [0.15, 0.2) is 0 Å². The number of halogens is 2. The minimum Gasteiger partial charge on any atom is -0.348 e. The lowest BCUT2D eigenvalue weighted by molar-refractivity contribution is -0.118. The molecule has 0 radical (unpaired) electrons. The van der Waals surface area contributed by atoms with Crippen molar-refractivity contribution in [2.75, 3.05) is 5.32 Å². The molecule has 24 heavy (non-hydrogen) atoms. The highest BCUT2D eigenvalue weighted by molar-refractivity contribution is 6.33. The van der Waals surface area contributed by atoms with Gasteiger partial charge in [0.1, 0.15) is 5.82 Å². The Labute approximate surface area is 145 Å². The van der Waals surface area contributed by atoms with E-state index in [0.717, 1.165) is 11.6 Å². The maximum Gasteiger partial charge on any atom is 0.253 e. The highest BCUT2D eigenvalue weighted by Crippen LogP contribution is 2.17. The first-order valence-corrected chi connectivity index (χ1v) is 7.87. The highest BCUT2D eigenvalue weighted by Gasteiger charge is 2.11. The summed E-state index contributed by atoms with van der Waals surface area (Å²) < 4.78 is 13.0. The molecule has 2 amide bonds. The summed E-state index contributed by atoms with van der Waals surface area (Å²) in [6.07, 6.45) is 0. The predicted molar refractivity (Wildman–Crippen MR) is 92.5 cm³/mol. The molecule has 4 nitrogen and oxygen atoms in total. The average Bonchev–Trinajstić information content (AvgIpc) is 2.53. The number of nitrogens with one attached hydrogen (secondary N) is 2. The molecular formula is C18H18ClFN2O2. The van der Waals surface area contributed by atoms with Crippen LogP contribution in [-0.4, -0.2) is 11.8 Å². The zero-order valence-corrected chi connectivity index (χ0v) is 14.2. The summed E-state index contributed by atoms with van der Waals surface area (Å²) in [6.45, 7) is 3.94. The Kier molecular flexibility index (Phi) is 5.93. The van der Waals surface area contributed by atoms with E-state index in [0.29, 0.717) is 12.2 Å². The van der Waals surface area contributed by atoms with E-state index in [-0.39, 0.29) is 28.3 Å². The minimum atomic E-state index is -0.490. The van der Waals surface area contributed by atoms with Gasteiger partial charge in [0.2, 0.25) is 5.91 Å². The van der Waals surface area contributed by atoms with Gasteiger partial charge in [0.05, 0.1) is 10.6 Å². The molecule has 0 aromatic heterocycles. The van der Waals surface area contributed by atoms with Gasteiger partial charge in [0.25, 0.3) is 5.91 Å². The van der Waals surface area contributed by atoms with E-state index in [4.69, 9.17) is 11.6 Å². The van der Waals surface area contributed by atoms with Crippen molar-refractivity contribution in [3.8, 4) is 0 Å². The first kappa shape index (κ1) is 17.9. The van der Waals surface area contributed by atoms with E-state index < -0.39 is 5.82 Å². The van der Waals surface area contributed by atoms with E-state index in [9.17, 15) is 14.0 Å². The van der Waals surface area contributed by atoms with E-state index >= 15 is 0 Å². The molecule has 2 aromatic carbocycles. The van der Waals surface area contributed by atoms with Gasteiger partial charge in [-0.25, -0.2) is 4.39 Å². The lowest BCUT2D eigenvalue weighted by atomic mass is 10.1. The highest BCUT2D eigenvalue weighted by atomic mass is 35.5. The number of benzene rings is 2. The molecule has 0 unspecified atom stereocenters. The first-order valence-electron chi connectivity index (χ1n) is 7.50. The van der Waals surface area contributed by atoms with Crippen LogP contribution in [0.1, 0.15) is 29.8 Å². The number of rotatable bonds is 5. The summed E-state index contributed by atoms with van der Waals surface area (Å²) in [7, 11) is 0. The quantitative estimate of drug-likeness (QED) is 0.858. The second kappa shape index (κ2) is 7.93. The van der Waals surface area contributed by atoms with Crippen molar-refractivity contribution in [3.05, 3.63) is 64.4 Å². The molecule has 0 aliphatic carbocycles. The molecule has 0 atom stereocenters. The van der Waals surface area contributed by atoms with Crippen molar-refractivity contribution in [2.24, 2.45) is 5.92 Å². The summed E-state index contributed by atoms with van der Waals surface area (Å²) in [5.74, 6) is -1.01. The van der Waals surface area contributed by atoms with Gasteiger partial charge in [-0.05, 0) is 35.9 Å². The van der Waals surface area contributed by atoms with Gasteiger partial charge >= 0.3 is 0 Å². The van der Waals surface area contributed by atoms with Crippen molar-refractivity contribution in [2.45, 2.75) is 20.4 Å². The van der Waals surface area contributed by atoms with Crippen LogP contribution in [-0.2, 0) is 11.3 Å². The van der Waals surface area contributed by atoms with Crippen LogP contribution in [0.3, 0.4) is 0 Å². The Morgan fingerprint density at radius 1 is 1.12 bits per heavy atom. The number of amides is 2. The van der Waals surface area contributed by atoms with Gasteiger partial charge in [-0.2, -0.15) is 0 Å². The monoisotopic (exact) mass is 348 g/mol. The third-order valence-corrected chi connectivity index (χ3v) is 3.69. The Balaban J connectivity index is 1.94. The molecule has 0 spiro atoms. The standard InChI is InChI=1S/C18H18ClFN2O2/c1-11(2)17(23)22-14-6-3-12(4-7-14)10-21-18(24)15-8-5-13(20)9-16(15)19/h3-9,11H,10H2,1-2H3,(H,21,24)(H,22,23). The fourth-order valence-corrected chi connectivity index (χ4v) is 2.20. The van der Waals surface area contributed by atoms with E-state index in [1.165, 1.54) is 12.1 Å². The van der Waals surface area contributed by atoms with Gasteiger partial charge in [-0.3, -0.25) is 9.59 Å². The van der Waals surface area contributed by atoms with Crippen LogP contribution < -0.4 is 10.6 Å². The number of hydrogen-bond donors (Lipinski definition) is 2. The Hall–Kier alpha value is -2.40. The number of carbonyl (C=O) groups excluding carboxylic acids is 2. The van der Waals surface area contributed by atoms with E-state index in [1.54, 1.807) is 12.1 Å². The largest absolute Gasteiger partial charge is 0.348 e. The predicted octanol–water partition coefficient (Wildman–Crippen LogP) is 4.00. The van der Waals surface area contributed by atoms with Crippen LogP contribution in [0.4, 0.5) is 10.1 Å². The summed E-state index contributed by atoms with van der Waals surface area (Å²) >= 11 is 5.86. The lowest BCUT2D eigenvalue weighted by Crippen LogP contribution is -2.23. The minimum absolute atomic E-state index is 0.0537. The Bertz CT molecular complexity index is 745. The second-order valence-electron chi connectivity index (χ2n) is 5.65. The maximum absolute atomic E-state index is 13.0. The molecule has 2 rings (SSSR count). The summed E-state index contributed by atoms with van der Waals surface area (Å²) in [4.78, 5) is 23.7. The molecule has 0 saturated carbocycles. The van der Waals surface area contributed by atoms with Gasteiger partial charge in [0, 0.05) is 18.2 Å². The Morgan fingerprint density at radius 3 is 2.38 bits per heavy atom. The van der Waals surface area contributed by atoms with Crippen LogP contribution >= 0.6 is 11.6 Å². The third-order valence-electron chi connectivity index (χ3n) is 3.37. The fourth-order valence-electron chi connectivity index (χ4n) is 1.94. The van der Waals surface area contributed by atoms with Crippen molar-refractivity contribution in [3.63, 3.8) is 0 Å². The van der Waals surface area contributed by atoms with E-state index in [1.807, 2.05) is 26.0 Å². The summed E-state index contributed by atoms with van der Waals surface area (Å²) in [5.41, 5.74) is 1.79. The van der Waals surface area contributed by atoms with Gasteiger partial charge < -0.3 is 10.6 Å². The number of carbonyl (C=O) groups is 2. The fraction of sp³-hybridized carbons (Fsp3) is 0.222. The zero-order chi connectivity index (χ0) is 17.7. The van der Waals surface area contributed by atoms with Crippen LogP contribution in [0.25, 0.3) is 0 Å². The van der Waals surface area contributed by atoms with E-state index in [2.05, 4.69) is 10.6 Å². The molecule has 2 N–H and O–H groups in total. The first-order chi connectivity index (χ1) is 11.4. The van der Waals surface area contributed by atoms with Gasteiger partial charge in [-0.15, -0.1) is 0 Å². The zero-order valence-electron chi connectivity index (χ0n) is 13.4. The molecule has 126 valence electrons. The Morgan fingerprint density at radius 2 is 1.79 bits per heavy atom. The second-order valence-corrected chi connectivity index (χ2v) is 6.05. The third kappa shape index (κ3) is 4.80. The molecule has 0 bridgehead atoms. The number of anilines is 1. The van der Waals surface area contributed by atoms with Gasteiger partial charge in [-0.1, -0.05) is 37.6 Å². The average molecular weight is 349 g/mol. The molecule has 0 heterocycles. The van der Waals surface area contributed by atoms with Crippen LogP contribution in [0.2, 0.25) is 5.02 Å². The lowest BCUT2D eigenvalue weighted by Gasteiger charge is -2.10. The topological polar surface area (TPSA) is 58.2 Å². The summed E-state index contributed by atoms with van der Waals surface area (Å²) in [6, 6.07) is 10.8. The summed E-state index contributed by atoms with van der Waals surface area (Å²) in [5, 5.41) is 5.58. The molecule has 6 heteroatoms. The number of hydrogen-bond acceptors (Lipinski definition) is 2. The van der Waals surface area contributed by atoms with Crippen LogP contribution in [0.15, 0.2) is 42.5 Å². The van der Waals surface area contributed by atoms with Crippen molar-refractivity contribution < 1.29 is 14.0 Å². The van der Waals surface area contributed by atoms with Crippen LogP contribution in [0, 0.1) is 11.7 Å². The maximum atomic E-state index is 13.0. The molecule has 2 aromatic rings. The molecule has 0 fully saturated rings. The van der Waals surface area contributed by atoms with Crippen molar-refractivity contribution in [1.82, 2.24) is 5.32 Å². The van der Waals surface area contributed by atoms with Crippen molar-refractivity contribution >= 4 is 29.1 Å². The molecule has 0 aliphatic rings. The molecule has 0 saturated heterocycles. The SMILES string of the molecule is CC(C)C(=O)Nc1ccc(CNC(=O)c2ccc(F)cc2Cl)cc1. The van der Waals surface area contributed by atoms with Crippen molar-refractivity contribution in [1.29, 1.82) is 0 Å². The smallest absolute Gasteiger partial charge is 0.253 e. The normalized spacial score (nSPS) is 10.5.